The molecule has 204 valence electrons. The van der Waals surface area contributed by atoms with Gasteiger partial charge in [0.2, 0.25) is 0 Å². The van der Waals surface area contributed by atoms with E-state index in [0.717, 1.165) is 7.11 Å². The Labute approximate surface area is 213 Å². The molecular weight excluding hydrogens is 595 g/mol. The van der Waals surface area contributed by atoms with Crippen molar-refractivity contribution in [1.29, 1.82) is 0 Å². The maximum atomic E-state index is 9.13. The van der Waals surface area contributed by atoms with Crippen LogP contribution in [0.2, 0.25) is 0 Å². The van der Waals surface area contributed by atoms with Crippen molar-refractivity contribution in [3.05, 3.63) is 10.1 Å². The van der Waals surface area contributed by atoms with Crippen molar-refractivity contribution in [2.45, 2.75) is 6.92 Å². The fourth-order valence-corrected chi connectivity index (χ4v) is 0.371. The Bertz CT molecular complexity index is 322. The third kappa shape index (κ3) is 45.4. The molecule has 0 rings (SSSR count). The van der Waals surface area contributed by atoms with E-state index < -0.39 is 4.92 Å². The molecule has 0 aliphatic carbocycles. The topological polar surface area (TPSA) is 322 Å². The van der Waals surface area contributed by atoms with Crippen LogP contribution < -0.4 is 29.6 Å². The SMILES string of the molecule is CCN(OOOOOOOOOOO)OOOOOOOOOOO.CO.O=[N+]([O-])CBr.[Na+].[OH-]. The molecular formula is C4H14BrN2NaO26. The van der Waals surface area contributed by atoms with Crippen molar-refractivity contribution in [1.82, 2.24) is 5.23 Å². The van der Waals surface area contributed by atoms with Crippen LogP contribution in [0.5, 0.6) is 0 Å². The summed E-state index contributed by atoms with van der Waals surface area (Å²) < 4.78 is 0. The Balaban J connectivity index is -0.000000274. The largest absolute Gasteiger partial charge is 1.00 e. The summed E-state index contributed by atoms with van der Waals surface area (Å²) in [6.07, 6.45) is 0. The number of halogens is 1. The number of nitro groups is 1. The van der Waals surface area contributed by atoms with Crippen molar-refractivity contribution >= 4 is 15.9 Å². The molecule has 0 bridgehead atoms. The van der Waals surface area contributed by atoms with E-state index in [1.807, 2.05) is 0 Å². The summed E-state index contributed by atoms with van der Waals surface area (Å²) in [5.74, 6) is 0. The van der Waals surface area contributed by atoms with E-state index in [1.54, 1.807) is 0 Å². The second-order valence-corrected chi connectivity index (χ2v) is 2.99. The molecule has 0 heterocycles. The maximum absolute atomic E-state index is 9.13. The van der Waals surface area contributed by atoms with Gasteiger partial charge in [0.15, 0.2) is 0 Å². The predicted octanol–water partition coefficient (Wildman–Crippen LogP) is -4.06. The van der Waals surface area contributed by atoms with Gasteiger partial charge in [0.05, 0.1) is 6.54 Å². The van der Waals surface area contributed by atoms with Crippen molar-refractivity contribution in [2.24, 2.45) is 0 Å². The Kier molecular flexibility index (Phi) is 55.5. The quantitative estimate of drug-likeness (QED) is 0.0200. The summed E-state index contributed by atoms with van der Waals surface area (Å²) in [6.45, 7) is 1.39. The molecule has 0 saturated carbocycles. The number of aliphatic hydroxyl groups excluding tert-OH is 1. The molecule has 34 heavy (non-hydrogen) atoms. The van der Waals surface area contributed by atoms with E-state index in [-0.39, 0.29) is 47.0 Å². The van der Waals surface area contributed by atoms with Gasteiger partial charge in [-0.2, -0.15) is 0 Å². The molecule has 0 aromatic heterocycles. The van der Waals surface area contributed by atoms with Gasteiger partial charge < -0.3 is 10.6 Å². The standard InChI is InChI=1S/C2H7NO22.CH2BrNO2.CH4O.Na.H2O/c1-2-3(6-10-14-18-22-24-20-16-12-8-4)7-11-15-19-23-25-21-17-13-9-5;2-1-3(4)5;1-2;;/h4-5H,2H2,1H3;1H2;2H,1H3;;1H2/q;;;+1;/p-1. The first-order chi connectivity index (χ1) is 15.6. The van der Waals surface area contributed by atoms with E-state index in [2.05, 4.69) is 117 Å². The van der Waals surface area contributed by atoms with E-state index in [9.17, 15) is 0 Å². The minimum atomic E-state index is -0.458. The van der Waals surface area contributed by atoms with Crippen LogP contribution in [0.15, 0.2) is 0 Å². The van der Waals surface area contributed by atoms with Gasteiger partial charge in [-0.25, -0.2) is 10.5 Å². The predicted molar refractivity (Wildman–Crippen MR) is 70.2 cm³/mol. The molecule has 0 aromatic rings. The van der Waals surface area contributed by atoms with Crippen LogP contribution >= 0.6 is 15.9 Å². The summed E-state index contributed by atoms with van der Waals surface area (Å²) in [7, 11) is 1.00. The van der Waals surface area contributed by atoms with Gasteiger partial charge in [0.25, 0.3) is 5.45 Å². The average molecular weight is 609 g/mol. The van der Waals surface area contributed by atoms with Crippen molar-refractivity contribution in [3.8, 4) is 0 Å². The zero-order valence-electron chi connectivity index (χ0n) is 16.5. The first-order valence-corrected chi connectivity index (χ1v) is 7.27. The van der Waals surface area contributed by atoms with E-state index >= 15 is 0 Å². The molecule has 0 amide bonds. The molecule has 0 radical (unpaired) electrons. The molecule has 0 aliphatic heterocycles. The van der Waals surface area contributed by atoms with Gasteiger partial charge >= 0.3 is 29.6 Å². The first kappa shape index (κ1) is 43.9. The van der Waals surface area contributed by atoms with Gasteiger partial charge in [-0.3, -0.25) is 10.1 Å². The summed E-state index contributed by atoms with van der Waals surface area (Å²) in [5, 5.41) is 93.9. The Hall–Kier alpha value is -0.120. The minimum Gasteiger partial charge on any atom is -0.870 e. The van der Waals surface area contributed by atoms with Gasteiger partial charge in [-0.05, 0) is 114 Å². The Morgan fingerprint density at radius 3 is 1.15 bits per heavy atom. The van der Waals surface area contributed by atoms with Crippen LogP contribution in [0.4, 0.5) is 0 Å². The van der Waals surface area contributed by atoms with Crippen molar-refractivity contribution in [3.63, 3.8) is 0 Å². The molecule has 0 unspecified atom stereocenters. The third-order valence-corrected chi connectivity index (χ3v) is 1.44. The first-order valence-electron chi connectivity index (χ1n) is 6.15. The van der Waals surface area contributed by atoms with Crippen LogP contribution in [-0.4, -0.2) is 50.4 Å². The van der Waals surface area contributed by atoms with Crippen LogP contribution in [0.25, 0.3) is 0 Å². The molecule has 0 fully saturated rings. The van der Waals surface area contributed by atoms with Gasteiger partial charge in [-0.15, -0.1) is 0 Å². The van der Waals surface area contributed by atoms with Crippen LogP contribution in [0.1, 0.15) is 6.92 Å². The smallest absolute Gasteiger partial charge is 0.870 e. The molecule has 0 aliphatic rings. The second-order valence-electron chi connectivity index (χ2n) is 2.49. The summed E-state index contributed by atoms with van der Waals surface area (Å²) >= 11 is 2.61. The Morgan fingerprint density at radius 1 is 0.706 bits per heavy atom. The summed E-state index contributed by atoms with van der Waals surface area (Å²) in [6, 6.07) is 0. The molecule has 4 N–H and O–H groups in total. The average Bonchev–Trinajstić information content (AvgIpc) is 2.82. The molecule has 0 aromatic carbocycles. The summed E-state index contributed by atoms with van der Waals surface area (Å²) in [4.78, 5) is 17.0. The number of alkyl halides is 1. The van der Waals surface area contributed by atoms with Gasteiger partial charge in [0.1, 0.15) is 0 Å². The molecule has 0 atom stereocenters. The molecule has 28 nitrogen and oxygen atoms in total. The number of hydrogen-bond donors (Lipinski definition) is 3. The van der Waals surface area contributed by atoms with Gasteiger partial charge in [-0.1, -0.05) is 9.98 Å². The van der Waals surface area contributed by atoms with E-state index in [4.69, 9.17) is 25.7 Å². The van der Waals surface area contributed by atoms with Crippen molar-refractivity contribution < 1.29 is 156 Å². The van der Waals surface area contributed by atoms with Crippen LogP contribution in [0, 0.1) is 10.1 Å². The number of nitrogens with zero attached hydrogens (tertiary/aromatic N) is 2. The number of hydrogen-bond acceptors (Lipinski definition) is 27. The monoisotopic (exact) mass is 608 g/mol. The second kappa shape index (κ2) is 43.0. The number of rotatable bonds is 22. The van der Waals surface area contributed by atoms with Crippen molar-refractivity contribution in [2.75, 3.05) is 19.1 Å². The fraction of sp³-hybridized carbons (Fsp3) is 1.00. The minimum absolute atomic E-state index is 0. The molecule has 0 saturated heterocycles. The Morgan fingerprint density at radius 2 is 0.941 bits per heavy atom. The number of aliphatic hydroxyl groups is 1. The normalized spacial score (nSPS) is 9.74. The maximum Gasteiger partial charge on any atom is 1.00 e. The van der Waals surface area contributed by atoms with Gasteiger partial charge in [0, 0.05) is 17.3 Å². The fourth-order valence-electron chi connectivity index (χ4n) is 0.371. The van der Waals surface area contributed by atoms with E-state index in [1.165, 1.54) is 6.92 Å². The molecule has 0 spiro atoms. The van der Waals surface area contributed by atoms with E-state index in [0.29, 0.717) is 5.23 Å². The zero-order chi connectivity index (χ0) is 24.7. The zero-order valence-corrected chi connectivity index (χ0v) is 20.0. The molecule has 30 heteroatoms. The van der Waals surface area contributed by atoms with Crippen LogP contribution in [0.3, 0.4) is 0 Å². The van der Waals surface area contributed by atoms with Crippen LogP contribution in [-0.2, 0) is 101 Å². The number of hydroxylamine groups is 2. The summed E-state index contributed by atoms with van der Waals surface area (Å²) in [5.41, 5.74) is -0.160. The third-order valence-electron chi connectivity index (χ3n) is 1.03.